The zero-order chi connectivity index (χ0) is 17.4. The second-order valence-corrected chi connectivity index (χ2v) is 6.61. The van der Waals surface area contributed by atoms with E-state index in [0.717, 1.165) is 45.1 Å². The highest BCUT2D eigenvalue weighted by molar-refractivity contribution is 14.0. The molecule has 0 saturated carbocycles. The van der Waals surface area contributed by atoms with Gasteiger partial charge in [0, 0.05) is 57.5 Å². The number of guanidine groups is 1. The SMILES string of the molecule is CCC(C)NC(=NC)NCC(C)N1CCN(c2ccccc2)CC1.I. The first-order valence-electron chi connectivity index (χ1n) is 9.15. The lowest BCUT2D eigenvalue weighted by molar-refractivity contribution is 0.197. The molecule has 2 atom stereocenters. The van der Waals surface area contributed by atoms with Gasteiger partial charge in [-0.25, -0.2) is 0 Å². The first-order valence-corrected chi connectivity index (χ1v) is 9.15. The minimum atomic E-state index is 0. The molecule has 0 aromatic heterocycles. The van der Waals surface area contributed by atoms with Crippen LogP contribution in [-0.2, 0) is 0 Å². The lowest BCUT2D eigenvalue weighted by atomic mass is 10.2. The van der Waals surface area contributed by atoms with Crippen molar-refractivity contribution < 1.29 is 0 Å². The maximum Gasteiger partial charge on any atom is 0.191 e. The zero-order valence-electron chi connectivity index (χ0n) is 16.0. The number of para-hydroxylation sites is 1. The van der Waals surface area contributed by atoms with Crippen molar-refractivity contribution in [3.8, 4) is 0 Å². The molecule has 2 unspecified atom stereocenters. The topological polar surface area (TPSA) is 42.9 Å². The summed E-state index contributed by atoms with van der Waals surface area (Å²) >= 11 is 0. The molecule has 1 aromatic rings. The summed E-state index contributed by atoms with van der Waals surface area (Å²) in [6, 6.07) is 11.7. The van der Waals surface area contributed by atoms with Gasteiger partial charge in [-0.3, -0.25) is 9.89 Å². The third-order valence-corrected chi connectivity index (χ3v) is 4.84. The van der Waals surface area contributed by atoms with Crippen LogP contribution >= 0.6 is 24.0 Å². The zero-order valence-corrected chi connectivity index (χ0v) is 18.4. The summed E-state index contributed by atoms with van der Waals surface area (Å²) in [4.78, 5) is 9.34. The van der Waals surface area contributed by atoms with Crippen LogP contribution in [0, 0.1) is 0 Å². The van der Waals surface area contributed by atoms with Gasteiger partial charge in [-0.2, -0.15) is 0 Å². The Morgan fingerprint density at radius 1 is 1.12 bits per heavy atom. The van der Waals surface area contributed by atoms with Gasteiger partial charge in [-0.05, 0) is 32.4 Å². The number of rotatable bonds is 6. The minimum absolute atomic E-state index is 0. The van der Waals surface area contributed by atoms with Crippen molar-refractivity contribution in [3.63, 3.8) is 0 Å². The van der Waals surface area contributed by atoms with Crippen molar-refractivity contribution in [1.29, 1.82) is 0 Å². The van der Waals surface area contributed by atoms with E-state index in [4.69, 9.17) is 0 Å². The first kappa shape index (κ1) is 22.0. The standard InChI is InChI=1S/C19H33N5.HI/c1-5-16(2)22-19(20-4)21-15-17(3)23-11-13-24(14-12-23)18-9-7-6-8-10-18;/h6-10,16-17H,5,11-15H2,1-4H3,(H2,20,21,22);1H. The van der Waals surface area contributed by atoms with Crippen molar-refractivity contribution in [1.82, 2.24) is 15.5 Å². The number of benzene rings is 1. The third kappa shape index (κ3) is 7.01. The fraction of sp³-hybridized carbons (Fsp3) is 0.632. The van der Waals surface area contributed by atoms with E-state index in [1.807, 2.05) is 7.05 Å². The number of halogens is 1. The summed E-state index contributed by atoms with van der Waals surface area (Å²) in [5.74, 6) is 0.902. The summed E-state index contributed by atoms with van der Waals surface area (Å²) in [7, 11) is 1.83. The Bertz CT molecular complexity index is 500. The van der Waals surface area contributed by atoms with Gasteiger partial charge in [0.2, 0.25) is 0 Å². The molecule has 5 nitrogen and oxygen atoms in total. The average molecular weight is 459 g/mol. The molecule has 1 aliphatic heterocycles. The molecule has 0 radical (unpaired) electrons. The highest BCUT2D eigenvalue weighted by atomic mass is 127. The van der Waals surface area contributed by atoms with Gasteiger partial charge < -0.3 is 15.5 Å². The third-order valence-electron chi connectivity index (χ3n) is 4.84. The second kappa shape index (κ2) is 11.6. The number of piperazine rings is 1. The molecule has 0 amide bonds. The molecule has 25 heavy (non-hydrogen) atoms. The Balaban J connectivity index is 0.00000312. The molecule has 0 spiro atoms. The number of aliphatic imine (C=N–C) groups is 1. The van der Waals surface area contributed by atoms with E-state index < -0.39 is 0 Å². The first-order chi connectivity index (χ1) is 11.6. The Labute approximate surface area is 170 Å². The van der Waals surface area contributed by atoms with Crippen molar-refractivity contribution >= 4 is 35.6 Å². The van der Waals surface area contributed by atoms with Crippen LogP contribution < -0.4 is 15.5 Å². The number of hydrogen-bond acceptors (Lipinski definition) is 3. The Kier molecular flexibility index (Phi) is 10.2. The van der Waals surface area contributed by atoms with Crippen LogP contribution in [-0.4, -0.2) is 62.7 Å². The van der Waals surface area contributed by atoms with Gasteiger partial charge >= 0.3 is 0 Å². The molecule has 1 saturated heterocycles. The van der Waals surface area contributed by atoms with Crippen LogP contribution in [0.15, 0.2) is 35.3 Å². The minimum Gasteiger partial charge on any atom is -0.369 e. The Morgan fingerprint density at radius 3 is 2.32 bits per heavy atom. The van der Waals surface area contributed by atoms with Crippen LogP contribution in [0.3, 0.4) is 0 Å². The van der Waals surface area contributed by atoms with E-state index in [-0.39, 0.29) is 24.0 Å². The molecule has 1 aromatic carbocycles. The van der Waals surface area contributed by atoms with Gasteiger partial charge in [-0.15, -0.1) is 24.0 Å². The lowest BCUT2D eigenvalue weighted by Crippen LogP contribution is -2.53. The number of anilines is 1. The van der Waals surface area contributed by atoms with Gasteiger partial charge in [0.25, 0.3) is 0 Å². The highest BCUT2D eigenvalue weighted by Crippen LogP contribution is 2.16. The number of hydrogen-bond donors (Lipinski definition) is 2. The van der Waals surface area contributed by atoms with Crippen molar-refractivity contribution in [2.24, 2.45) is 4.99 Å². The second-order valence-electron chi connectivity index (χ2n) is 6.61. The fourth-order valence-corrected chi connectivity index (χ4v) is 2.96. The van der Waals surface area contributed by atoms with Crippen LogP contribution in [0.25, 0.3) is 0 Å². The van der Waals surface area contributed by atoms with Crippen molar-refractivity contribution in [2.75, 3.05) is 44.7 Å². The van der Waals surface area contributed by atoms with E-state index in [9.17, 15) is 0 Å². The molecule has 142 valence electrons. The van der Waals surface area contributed by atoms with Crippen molar-refractivity contribution in [3.05, 3.63) is 30.3 Å². The number of nitrogens with one attached hydrogen (secondary N) is 2. The van der Waals surface area contributed by atoms with Gasteiger partial charge in [-0.1, -0.05) is 25.1 Å². The summed E-state index contributed by atoms with van der Waals surface area (Å²) in [5.41, 5.74) is 1.33. The maximum absolute atomic E-state index is 4.31. The summed E-state index contributed by atoms with van der Waals surface area (Å²) in [6.45, 7) is 12.0. The molecule has 0 aliphatic carbocycles. The molecule has 2 rings (SSSR count). The maximum atomic E-state index is 4.31. The average Bonchev–Trinajstić information content (AvgIpc) is 2.65. The fourth-order valence-electron chi connectivity index (χ4n) is 2.96. The monoisotopic (exact) mass is 459 g/mol. The van der Waals surface area contributed by atoms with Gasteiger partial charge in [0.1, 0.15) is 0 Å². The molecular formula is C19H34IN5. The normalized spacial score (nSPS) is 18.2. The summed E-state index contributed by atoms with van der Waals surface area (Å²) < 4.78 is 0. The lowest BCUT2D eigenvalue weighted by Gasteiger charge is -2.39. The van der Waals surface area contributed by atoms with Crippen LogP contribution in [0.5, 0.6) is 0 Å². The quantitative estimate of drug-likeness (QED) is 0.390. The molecule has 2 N–H and O–H groups in total. The van der Waals surface area contributed by atoms with Gasteiger partial charge in [0.05, 0.1) is 0 Å². The molecule has 6 heteroatoms. The predicted molar refractivity (Wildman–Crippen MR) is 119 cm³/mol. The van der Waals surface area contributed by atoms with Crippen LogP contribution in [0.2, 0.25) is 0 Å². The van der Waals surface area contributed by atoms with Crippen LogP contribution in [0.1, 0.15) is 27.2 Å². The Morgan fingerprint density at radius 2 is 1.76 bits per heavy atom. The smallest absolute Gasteiger partial charge is 0.191 e. The van der Waals surface area contributed by atoms with E-state index in [2.05, 4.69) is 76.5 Å². The van der Waals surface area contributed by atoms with Gasteiger partial charge in [0.15, 0.2) is 5.96 Å². The van der Waals surface area contributed by atoms with Crippen molar-refractivity contribution in [2.45, 2.75) is 39.3 Å². The molecule has 1 aliphatic rings. The summed E-state index contributed by atoms with van der Waals surface area (Å²) in [6.07, 6.45) is 1.09. The highest BCUT2D eigenvalue weighted by Gasteiger charge is 2.21. The summed E-state index contributed by atoms with van der Waals surface area (Å²) in [5, 5.41) is 6.87. The largest absolute Gasteiger partial charge is 0.369 e. The Hall–Kier alpha value is -1.02. The molecule has 1 heterocycles. The molecule has 1 fully saturated rings. The molecular weight excluding hydrogens is 425 g/mol. The van der Waals surface area contributed by atoms with E-state index in [1.54, 1.807) is 0 Å². The molecule has 0 bridgehead atoms. The number of nitrogens with zero attached hydrogens (tertiary/aromatic N) is 3. The van der Waals surface area contributed by atoms with Crippen LogP contribution in [0.4, 0.5) is 5.69 Å². The van der Waals surface area contributed by atoms with E-state index >= 15 is 0 Å². The van der Waals surface area contributed by atoms with E-state index in [0.29, 0.717) is 12.1 Å². The van der Waals surface area contributed by atoms with E-state index in [1.165, 1.54) is 5.69 Å². The predicted octanol–water partition coefficient (Wildman–Crippen LogP) is 2.78.